The molecule has 14 rings (SSSR count). The molecule has 0 aliphatic heterocycles. The first kappa shape index (κ1) is 46.0. The SMILES string of the molecule is O=C1C(=Cc2ccc(N(c3ccc(-c4ccc(N(c5ccc(C=C6C(=O)c7cc8ccccc8cc7C6=O)cc5)c5cccc6ccccc56)cc4)cc3)c3cccc4ccccc34)cc2)C(=O)c2cc3ccccc3cc21. The zero-order valence-electron chi connectivity index (χ0n) is 41.9. The maximum atomic E-state index is 13.7. The third-order valence-electron chi connectivity index (χ3n) is 15.3. The Balaban J connectivity index is 0.774. The first-order chi connectivity index (χ1) is 38.3. The molecule has 0 fully saturated rings. The number of hydrogen-bond acceptors (Lipinski definition) is 6. The predicted molar refractivity (Wildman–Crippen MR) is 317 cm³/mol. The number of hydrogen-bond donors (Lipinski definition) is 0. The summed E-state index contributed by atoms with van der Waals surface area (Å²) in [4.78, 5) is 59.1. The van der Waals surface area contributed by atoms with Crippen molar-refractivity contribution >= 4 is 112 Å². The average Bonchev–Trinajstić information content (AvgIpc) is 3.86. The van der Waals surface area contributed by atoms with E-state index in [1.807, 2.05) is 133 Å². The molecule has 2 aliphatic rings. The van der Waals surface area contributed by atoms with Crippen molar-refractivity contribution in [2.75, 3.05) is 9.80 Å². The number of nitrogens with zero attached hydrogens (tertiary/aromatic N) is 2. The van der Waals surface area contributed by atoms with Gasteiger partial charge in [0, 0.05) is 55.8 Å². The van der Waals surface area contributed by atoms with E-state index in [4.69, 9.17) is 0 Å². The van der Waals surface area contributed by atoms with Crippen LogP contribution in [-0.2, 0) is 0 Å². The van der Waals surface area contributed by atoms with Gasteiger partial charge in [0.2, 0.25) is 0 Å². The minimum atomic E-state index is -0.251. The molecule has 12 aromatic carbocycles. The maximum absolute atomic E-state index is 13.7. The van der Waals surface area contributed by atoms with Gasteiger partial charge in [0.15, 0.2) is 23.1 Å². The highest BCUT2D eigenvalue weighted by atomic mass is 16.2. The second kappa shape index (κ2) is 18.7. The van der Waals surface area contributed by atoms with Gasteiger partial charge in [-0.15, -0.1) is 0 Å². The molecule has 0 amide bonds. The van der Waals surface area contributed by atoms with Gasteiger partial charge in [-0.2, -0.15) is 0 Å². The van der Waals surface area contributed by atoms with Crippen LogP contribution in [0.2, 0.25) is 0 Å². The number of Topliss-reactive ketones (excluding diaryl/α,β-unsaturated/α-hetero) is 4. The number of rotatable bonds is 9. The lowest BCUT2D eigenvalue weighted by molar-refractivity contribution is 0.0975. The molecule has 12 aromatic rings. The Morgan fingerprint density at radius 3 is 0.846 bits per heavy atom. The van der Waals surface area contributed by atoms with Gasteiger partial charge in [0.05, 0.1) is 22.5 Å². The summed E-state index contributed by atoms with van der Waals surface area (Å²) in [5.41, 5.74) is 11.5. The zero-order chi connectivity index (χ0) is 52.4. The van der Waals surface area contributed by atoms with Crippen molar-refractivity contribution in [3.8, 4) is 11.1 Å². The van der Waals surface area contributed by atoms with Gasteiger partial charge < -0.3 is 9.80 Å². The lowest BCUT2D eigenvalue weighted by Crippen LogP contribution is -2.10. The van der Waals surface area contributed by atoms with Crippen molar-refractivity contribution in [2.45, 2.75) is 0 Å². The van der Waals surface area contributed by atoms with Gasteiger partial charge in [-0.05, 0) is 152 Å². The smallest absolute Gasteiger partial charge is 0.197 e. The Kier molecular flexibility index (Phi) is 11.0. The Labute approximate surface area is 449 Å². The van der Waals surface area contributed by atoms with Crippen LogP contribution in [0.4, 0.5) is 34.1 Å². The van der Waals surface area contributed by atoms with E-state index in [1.54, 1.807) is 12.2 Å². The quantitative estimate of drug-likeness (QED) is 0.106. The van der Waals surface area contributed by atoms with E-state index in [9.17, 15) is 19.2 Å². The van der Waals surface area contributed by atoms with Gasteiger partial charge in [0.25, 0.3) is 0 Å². The minimum absolute atomic E-state index is 0.172. The first-order valence-corrected chi connectivity index (χ1v) is 26.0. The number of benzene rings is 12. The number of fused-ring (bicyclic) bond motifs is 6. The van der Waals surface area contributed by atoms with Gasteiger partial charge in [0.1, 0.15) is 0 Å². The second-order valence-corrected chi connectivity index (χ2v) is 19.9. The first-order valence-electron chi connectivity index (χ1n) is 26.0. The summed E-state index contributed by atoms with van der Waals surface area (Å²) in [6.45, 7) is 0. The van der Waals surface area contributed by atoms with Crippen LogP contribution in [0.3, 0.4) is 0 Å². The molecule has 0 radical (unpaired) electrons. The molecule has 78 heavy (non-hydrogen) atoms. The van der Waals surface area contributed by atoms with Crippen molar-refractivity contribution in [1.82, 2.24) is 0 Å². The summed E-state index contributed by atoms with van der Waals surface area (Å²) in [5, 5.41) is 8.14. The van der Waals surface area contributed by atoms with Crippen LogP contribution in [-0.4, -0.2) is 23.1 Å². The highest BCUT2D eigenvalue weighted by Crippen LogP contribution is 2.43. The summed E-state index contributed by atoms with van der Waals surface area (Å²) < 4.78 is 0. The molecule has 0 saturated carbocycles. The highest BCUT2D eigenvalue weighted by Gasteiger charge is 2.35. The molecule has 0 N–H and O–H groups in total. The molecule has 0 spiro atoms. The standard InChI is InChI=1S/C72H44N2O4/c75-69-61-41-51-13-1-2-14-52(51)42-62(61)70(76)65(69)39-45-23-31-55(32-24-45)73(67-21-9-17-49-11-5-7-19-59(49)67)57-35-27-47(28-36-57)48-29-37-58(38-30-48)74(68-22-10-18-50-12-6-8-20-60(50)68)56-33-25-46(26-34-56)40-66-71(77)63-43-53-15-3-4-16-54(53)44-64(63)72(66)78/h1-44H. The van der Waals surface area contributed by atoms with Crippen LogP contribution >= 0.6 is 0 Å². The molecule has 0 saturated heterocycles. The van der Waals surface area contributed by atoms with Gasteiger partial charge in [-0.3, -0.25) is 19.2 Å². The molecule has 0 unspecified atom stereocenters. The van der Waals surface area contributed by atoms with Crippen LogP contribution in [0.15, 0.2) is 266 Å². The van der Waals surface area contributed by atoms with Crippen LogP contribution < -0.4 is 9.80 Å². The number of allylic oxidation sites excluding steroid dienone is 2. The highest BCUT2D eigenvalue weighted by molar-refractivity contribution is 6.43. The molecule has 2 aliphatic carbocycles. The fraction of sp³-hybridized carbons (Fsp3) is 0. The maximum Gasteiger partial charge on any atom is 0.197 e. The Morgan fingerprint density at radius 2 is 0.526 bits per heavy atom. The molecule has 366 valence electrons. The number of anilines is 6. The molecular weight excluding hydrogens is 957 g/mol. The third-order valence-corrected chi connectivity index (χ3v) is 15.3. The third kappa shape index (κ3) is 7.90. The lowest BCUT2D eigenvalue weighted by atomic mass is 10.0. The average molecular weight is 1000 g/mol. The molecule has 6 nitrogen and oxygen atoms in total. The monoisotopic (exact) mass is 1000 g/mol. The molecular formula is C72H44N2O4. The largest absolute Gasteiger partial charge is 0.310 e. The van der Waals surface area contributed by atoms with Gasteiger partial charge in [-0.25, -0.2) is 0 Å². The van der Waals surface area contributed by atoms with Crippen molar-refractivity contribution in [3.05, 3.63) is 299 Å². The van der Waals surface area contributed by atoms with Crippen LogP contribution in [0.5, 0.6) is 0 Å². The summed E-state index contributed by atoms with van der Waals surface area (Å²) >= 11 is 0. The summed E-state index contributed by atoms with van der Waals surface area (Å²) in [7, 11) is 0. The Hall–Kier alpha value is -10.6. The van der Waals surface area contributed by atoms with E-state index >= 15 is 0 Å². The van der Waals surface area contributed by atoms with Crippen LogP contribution in [0, 0.1) is 0 Å². The van der Waals surface area contributed by atoms with Crippen LogP contribution in [0.25, 0.3) is 66.4 Å². The van der Waals surface area contributed by atoms with Crippen molar-refractivity contribution in [1.29, 1.82) is 0 Å². The van der Waals surface area contributed by atoms with Crippen molar-refractivity contribution < 1.29 is 19.2 Å². The van der Waals surface area contributed by atoms with Crippen molar-refractivity contribution in [2.24, 2.45) is 0 Å². The predicted octanol–water partition coefficient (Wildman–Crippen LogP) is 17.8. The van der Waals surface area contributed by atoms with E-state index < -0.39 is 0 Å². The second-order valence-electron chi connectivity index (χ2n) is 19.9. The summed E-state index contributed by atoms with van der Waals surface area (Å²) in [5.74, 6) is -1.00. The molecule has 0 atom stereocenters. The molecule has 0 bridgehead atoms. The van der Waals surface area contributed by atoms with E-state index in [0.717, 1.165) is 99.5 Å². The lowest BCUT2D eigenvalue weighted by Gasteiger charge is -2.27. The summed E-state index contributed by atoms with van der Waals surface area (Å²) in [6.07, 6.45) is 3.42. The number of ketones is 4. The van der Waals surface area contributed by atoms with E-state index in [-0.39, 0.29) is 34.3 Å². The fourth-order valence-electron chi connectivity index (χ4n) is 11.3. The zero-order valence-corrected chi connectivity index (χ0v) is 41.9. The van der Waals surface area contributed by atoms with Crippen molar-refractivity contribution in [3.63, 3.8) is 0 Å². The van der Waals surface area contributed by atoms with Gasteiger partial charge >= 0.3 is 0 Å². The molecule has 6 heteroatoms. The topological polar surface area (TPSA) is 74.8 Å². The van der Waals surface area contributed by atoms with Crippen LogP contribution in [0.1, 0.15) is 52.6 Å². The van der Waals surface area contributed by atoms with E-state index in [2.05, 4.69) is 131 Å². The number of carbonyl (C=O) groups excluding carboxylic acids is 4. The Morgan fingerprint density at radius 1 is 0.256 bits per heavy atom. The molecule has 0 heterocycles. The summed E-state index contributed by atoms with van der Waals surface area (Å²) in [6, 6.07) is 85.4. The minimum Gasteiger partial charge on any atom is -0.310 e. The Bertz CT molecular complexity index is 4130. The normalized spacial score (nSPS) is 12.9. The van der Waals surface area contributed by atoms with Gasteiger partial charge in [-0.1, -0.05) is 170 Å². The fourth-order valence-corrected chi connectivity index (χ4v) is 11.3. The van der Waals surface area contributed by atoms with E-state index in [1.165, 1.54) is 0 Å². The molecule has 0 aromatic heterocycles. The number of carbonyl (C=O) groups is 4. The van der Waals surface area contributed by atoms with E-state index in [0.29, 0.717) is 22.3 Å².